The van der Waals surface area contributed by atoms with Crippen LogP contribution in [0.25, 0.3) is 0 Å². The number of hydrogen-bond donors (Lipinski definition) is 1. The van der Waals surface area contributed by atoms with Crippen LogP contribution in [0.5, 0.6) is 0 Å². The topological polar surface area (TPSA) is 32.3 Å². The van der Waals surface area contributed by atoms with Crippen molar-refractivity contribution in [3.63, 3.8) is 0 Å². The molecule has 0 saturated carbocycles. The number of aryl methyl sites for hydroxylation is 1. The van der Waals surface area contributed by atoms with E-state index in [-0.39, 0.29) is 6.04 Å². The Morgan fingerprint density at radius 2 is 2.15 bits per heavy atom. The molecule has 2 aliphatic heterocycles. The normalized spacial score (nSPS) is 26.4. The Kier molecular flexibility index (Phi) is 4.63. The van der Waals surface area contributed by atoms with Crippen LogP contribution >= 0.6 is 11.8 Å². The minimum absolute atomic E-state index is 0.0154. The average Bonchev–Trinajstić information content (AvgIpc) is 3.10. The fourth-order valence-electron chi connectivity index (χ4n) is 2.98. The third kappa shape index (κ3) is 3.36. The number of nitrogens with one attached hydrogen (secondary N) is 1. The number of amides is 1. The van der Waals surface area contributed by atoms with E-state index in [4.69, 9.17) is 0 Å². The van der Waals surface area contributed by atoms with E-state index in [9.17, 15) is 4.79 Å². The molecule has 108 valence electrons. The largest absolute Gasteiger partial charge is 0.327 e. The summed E-state index contributed by atoms with van der Waals surface area (Å²) in [5.74, 6) is 1.56. The lowest BCUT2D eigenvalue weighted by molar-refractivity contribution is -0.129. The van der Waals surface area contributed by atoms with Crippen LogP contribution in [0.1, 0.15) is 24.8 Å². The minimum Gasteiger partial charge on any atom is -0.327 e. The van der Waals surface area contributed by atoms with Crippen molar-refractivity contribution in [2.45, 2.75) is 37.0 Å². The van der Waals surface area contributed by atoms with Gasteiger partial charge in [-0.05, 0) is 37.0 Å². The van der Waals surface area contributed by atoms with Gasteiger partial charge >= 0.3 is 0 Å². The molecule has 4 heteroatoms. The second kappa shape index (κ2) is 6.64. The highest BCUT2D eigenvalue weighted by Crippen LogP contribution is 2.27. The molecule has 0 radical (unpaired) electrons. The van der Waals surface area contributed by atoms with Gasteiger partial charge in [0.2, 0.25) is 5.91 Å². The molecule has 2 atom stereocenters. The summed E-state index contributed by atoms with van der Waals surface area (Å²) in [6.45, 7) is 1.66. The maximum Gasteiger partial charge on any atom is 0.240 e. The number of carbonyl (C=O) groups excluding carboxylic acids is 1. The highest BCUT2D eigenvalue weighted by molar-refractivity contribution is 8.00. The second-order valence-electron chi connectivity index (χ2n) is 5.63. The smallest absolute Gasteiger partial charge is 0.240 e. The molecule has 2 unspecified atom stereocenters. The molecular formula is C16H22N2OS. The Labute approximate surface area is 125 Å². The zero-order valence-corrected chi connectivity index (χ0v) is 12.6. The summed E-state index contributed by atoms with van der Waals surface area (Å²) in [5, 5.41) is 4.03. The van der Waals surface area contributed by atoms with Crippen LogP contribution in [0, 0.1) is 0 Å². The quantitative estimate of drug-likeness (QED) is 0.903. The first kappa shape index (κ1) is 14.0. The molecule has 1 amide bonds. The van der Waals surface area contributed by atoms with Crippen molar-refractivity contribution in [1.29, 1.82) is 0 Å². The third-order valence-corrected chi connectivity index (χ3v) is 5.53. The number of thioether (sulfide) groups is 1. The molecule has 1 aromatic rings. The summed E-state index contributed by atoms with van der Waals surface area (Å²) < 4.78 is 0. The van der Waals surface area contributed by atoms with Gasteiger partial charge in [0.25, 0.3) is 0 Å². The monoisotopic (exact) mass is 290 g/mol. The van der Waals surface area contributed by atoms with Crippen LogP contribution in [-0.4, -0.2) is 41.1 Å². The predicted octanol–water partition coefficient (Wildman–Crippen LogP) is 2.27. The maximum atomic E-state index is 12.4. The van der Waals surface area contributed by atoms with Crippen molar-refractivity contribution in [3.8, 4) is 0 Å². The van der Waals surface area contributed by atoms with E-state index >= 15 is 0 Å². The summed E-state index contributed by atoms with van der Waals surface area (Å²) in [4.78, 5) is 14.4. The molecule has 3 rings (SSSR count). The molecule has 0 bridgehead atoms. The Morgan fingerprint density at radius 3 is 2.90 bits per heavy atom. The number of rotatable bonds is 5. The highest BCUT2D eigenvalue weighted by atomic mass is 32.2. The van der Waals surface area contributed by atoms with Crippen molar-refractivity contribution >= 4 is 17.7 Å². The second-order valence-corrected chi connectivity index (χ2v) is 7.04. The molecule has 20 heavy (non-hydrogen) atoms. The first-order valence-corrected chi connectivity index (χ1v) is 8.55. The van der Waals surface area contributed by atoms with Crippen molar-refractivity contribution in [2.24, 2.45) is 0 Å². The molecule has 0 aliphatic carbocycles. The Morgan fingerprint density at radius 1 is 1.30 bits per heavy atom. The van der Waals surface area contributed by atoms with Gasteiger partial charge in [-0.25, -0.2) is 0 Å². The molecule has 3 nitrogen and oxygen atoms in total. The Bertz CT molecular complexity index is 445. The number of benzene rings is 1. The molecule has 0 aromatic heterocycles. The van der Waals surface area contributed by atoms with Gasteiger partial charge in [-0.1, -0.05) is 30.3 Å². The van der Waals surface area contributed by atoms with Crippen LogP contribution in [0.3, 0.4) is 0 Å². The van der Waals surface area contributed by atoms with Gasteiger partial charge in [-0.2, -0.15) is 11.8 Å². The lowest BCUT2D eigenvalue weighted by Gasteiger charge is -2.19. The summed E-state index contributed by atoms with van der Waals surface area (Å²) in [6.07, 6.45) is 4.44. The zero-order chi connectivity index (χ0) is 13.8. The summed E-state index contributed by atoms with van der Waals surface area (Å²) in [6, 6.07) is 10.4. The number of hydrogen-bond acceptors (Lipinski definition) is 3. The van der Waals surface area contributed by atoms with E-state index < -0.39 is 0 Å². The minimum atomic E-state index is 0.0154. The first-order valence-electron chi connectivity index (χ1n) is 7.50. The molecule has 2 heterocycles. The van der Waals surface area contributed by atoms with Gasteiger partial charge in [0, 0.05) is 11.8 Å². The van der Waals surface area contributed by atoms with Crippen LogP contribution < -0.4 is 5.32 Å². The third-order valence-electron chi connectivity index (χ3n) is 4.15. The molecular weight excluding hydrogens is 268 g/mol. The SMILES string of the molecule is O=C1C(CCc2ccccc2)NCN1CC1CCCS1. The summed E-state index contributed by atoms with van der Waals surface area (Å²) in [5.41, 5.74) is 1.31. The van der Waals surface area contributed by atoms with Gasteiger partial charge < -0.3 is 4.90 Å². The Balaban J connectivity index is 1.48. The molecule has 2 fully saturated rings. The van der Waals surface area contributed by atoms with Crippen molar-refractivity contribution in [3.05, 3.63) is 35.9 Å². The van der Waals surface area contributed by atoms with Crippen LogP contribution in [0.15, 0.2) is 30.3 Å². The van der Waals surface area contributed by atoms with Crippen molar-refractivity contribution in [2.75, 3.05) is 19.0 Å². The van der Waals surface area contributed by atoms with Gasteiger partial charge in [0.05, 0.1) is 12.7 Å². The van der Waals surface area contributed by atoms with Crippen LogP contribution in [-0.2, 0) is 11.2 Å². The van der Waals surface area contributed by atoms with Crippen LogP contribution in [0.2, 0.25) is 0 Å². The first-order chi connectivity index (χ1) is 9.83. The van der Waals surface area contributed by atoms with Gasteiger partial charge in [-0.15, -0.1) is 0 Å². The van der Waals surface area contributed by atoms with E-state index in [1.165, 1.54) is 24.2 Å². The highest BCUT2D eigenvalue weighted by Gasteiger charge is 2.32. The summed E-state index contributed by atoms with van der Waals surface area (Å²) in [7, 11) is 0. The fraction of sp³-hybridized carbons (Fsp3) is 0.562. The Hall–Kier alpha value is -1.00. The van der Waals surface area contributed by atoms with E-state index in [0.29, 0.717) is 11.2 Å². The molecule has 2 saturated heterocycles. The maximum absolute atomic E-state index is 12.4. The molecule has 1 aromatic carbocycles. The van der Waals surface area contributed by atoms with Gasteiger partial charge in [0.15, 0.2) is 0 Å². The predicted molar refractivity (Wildman–Crippen MR) is 83.7 cm³/mol. The average molecular weight is 290 g/mol. The van der Waals surface area contributed by atoms with Crippen LogP contribution in [0.4, 0.5) is 0 Å². The molecule has 0 spiro atoms. The van der Waals surface area contributed by atoms with Gasteiger partial charge in [0.1, 0.15) is 0 Å². The fourth-order valence-corrected chi connectivity index (χ4v) is 4.26. The summed E-state index contributed by atoms with van der Waals surface area (Å²) >= 11 is 2.02. The molecule has 2 aliphatic rings. The lowest BCUT2D eigenvalue weighted by atomic mass is 10.1. The van der Waals surface area contributed by atoms with E-state index in [1.807, 2.05) is 22.7 Å². The number of nitrogens with zero attached hydrogens (tertiary/aromatic N) is 1. The standard InChI is InChI=1S/C16H22N2OS/c19-16-15(9-8-13-5-2-1-3-6-13)17-12-18(16)11-14-7-4-10-20-14/h1-3,5-6,14-15,17H,4,7-12H2. The van der Waals surface area contributed by atoms with E-state index in [0.717, 1.165) is 26.1 Å². The zero-order valence-electron chi connectivity index (χ0n) is 11.8. The van der Waals surface area contributed by atoms with E-state index in [1.54, 1.807) is 0 Å². The van der Waals surface area contributed by atoms with Crippen molar-refractivity contribution in [1.82, 2.24) is 10.2 Å². The lowest BCUT2D eigenvalue weighted by Crippen LogP contribution is -2.34. The van der Waals surface area contributed by atoms with Gasteiger partial charge in [-0.3, -0.25) is 10.1 Å². The molecule has 1 N–H and O–H groups in total. The number of carbonyl (C=O) groups is 1. The van der Waals surface area contributed by atoms with Crippen molar-refractivity contribution < 1.29 is 4.79 Å². The van der Waals surface area contributed by atoms with E-state index in [2.05, 4.69) is 29.6 Å².